The van der Waals surface area contributed by atoms with Crippen LogP contribution in [0.3, 0.4) is 0 Å². The monoisotopic (exact) mass is 239 g/mol. The lowest BCUT2D eigenvalue weighted by Crippen LogP contribution is -2.40. The van der Waals surface area contributed by atoms with Crippen LogP contribution in [0.5, 0.6) is 0 Å². The summed E-state index contributed by atoms with van der Waals surface area (Å²) >= 11 is 1.55. The van der Waals surface area contributed by atoms with Crippen molar-refractivity contribution in [3.63, 3.8) is 0 Å². The minimum atomic E-state index is 0.0508. The first-order chi connectivity index (χ1) is 7.86. The van der Waals surface area contributed by atoms with Gasteiger partial charge < -0.3 is 10.2 Å². The SMILES string of the molecule is O=C(NCc1cscn1)N1CCCCCC1. The predicted molar refractivity (Wildman–Crippen MR) is 64.4 cm³/mol. The van der Waals surface area contributed by atoms with E-state index in [9.17, 15) is 4.79 Å². The fourth-order valence-corrected chi connectivity index (χ4v) is 2.43. The van der Waals surface area contributed by atoms with E-state index in [1.807, 2.05) is 10.3 Å². The van der Waals surface area contributed by atoms with Crippen molar-refractivity contribution in [2.24, 2.45) is 0 Å². The van der Waals surface area contributed by atoms with E-state index in [1.165, 1.54) is 12.8 Å². The Morgan fingerprint density at radius 2 is 2.12 bits per heavy atom. The largest absolute Gasteiger partial charge is 0.332 e. The van der Waals surface area contributed by atoms with Crippen LogP contribution in [0.25, 0.3) is 0 Å². The van der Waals surface area contributed by atoms with Crippen molar-refractivity contribution in [1.82, 2.24) is 15.2 Å². The Balaban J connectivity index is 1.78. The molecule has 2 heterocycles. The highest BCUT2D eigenvalue weighted by Gasteiger charge is 2.14. The number of urea groups is 1. The summed E-state index contributed by atoms with van der Waals surface area (Å²) in [5.41, 5.74) is 2.72. The molecule has 0 radical (unpaired) electrons. The van der Waals surface area contributed by atoms with E-state index < -0.39 is 0 Å². The summed E-state index contributed by atoms with van der Waals surface area (Å²) in [5.74, 6) is 0. The molecule has 0 spiro atoms. The first kappa shape index (κ1) is 11.4. The first-order valence-corrected chi connectivity index (χ1v) is 6.70. The molecule has 1 fully saturated rings. The molecule has 1 saturated heterocycles. The molecule has 1 aromatic rings. The highest BCUT2D eigenvalue weighted by atomic mass is 32.1. The van der Waals surface area contributed by atoms with E-state index in [1.54, 1.807) is 16.8 Å². The van der Waals surface area contributed by atoms with E-state index in [2.05, 4.69) is 10.3 Å². The van der Waals surface area contributed by atoms with Crippen LogP contribution in [-0.4, -0.2) is 29.0 Å². The second-order valence-electron chi connectivity index (χ2n) is 4.04. The van der Waals surface area contributed by atoms with Crippen molar-refractivity contribution in [2.75, 3.05) is 13.1 Å². The molecule has 1 aliphatic rings. The van der Waals surface area contributed by atoms with Gasteiger partial charge in [0.25, 0.3) is 0 Å². The summed E-state index contributed by atoms with van der Waals surface area (Å²) in [7, 11) is 0. The minimum Gasteiger partial charge on any atom is -0.332 e. The van der Waals surface area contributed by atoms with Gasteiger partial charge in [-0.2, -0.15) is 0 Å². The van der Waals surface area contributed by atoms with Crippen LogP contribution < -0.4 is 5.32 Å². The number of nitrogens with one attached hydrogen (secondary N) is 1. The van der Waals surface area contributed by atoms with Gasteiger partial charge in [0.05, 0.1) is 17.7 Å². The lowest BCUT2D eigenvalue weighted by molar-refractivity contribution is 0.199. The van der Waals surface area contributed by atoms with E-state index >= 15 is 0 Å². The van der Waals surface area contributed by atoms with Crippen molar-refractivity contribution in [2.45, 2.75) is 32.2 Å². The van der Waals surface area contributed by atoms with Gasteiger partial charge in [0.2, 0.25) is 0 Å². The van der Waals surface area contributed by atoms with Gasteiger partial charge in [0.15, 0.2) is 0 Å². The number of nitrogens with zero attached hydrogens (tertiary/aromatic N) is 2. The van der Waals surface area contributed by atoms with E-state index in [0.717, 1.165) is 31.6 Å². The zero-order valence-corrected chi connectivity index (χ0v) is 10.1. The second-order valence-corrected chi connectivity index (χ2v) is 4.76. The van der Waals surface area contributed by atoms with Crippen LogP contribution in [0.15, 0.2) is 10.9 Å². The third-order valence-corrected chi connectivity index (χ3v) is 3.43. The van der Waals surface area contributed by atoms with Crippen LogP contribution in [-0.2, 0) is 6.54 Å². The molecule has 1 aromatic heterocycles. The van der Waals surface area contributed by atoms with Crippen molar-refractivity contribution in [3.05, 3.63) is 16.6 Å². The standard InChI is InChI=1S/C11H17N3OS/c15-11(12-7-10-8-16-9-13-10)14-5-3-1-2-4-6-14/h8-9H,1-7H2,(H,12,15). The molecule has 4 nitrogen and oxygen atoms in total. The Bertz CT molecular complexity index is 318. The second kappa shape index (κ2) is 5.84. The van der Waals surface area contributed by atoms with Gasteiger partial charge in [0, 0.05) is 18.5 Å². The van der Waals surface area contributed by atoms with Crippen LogP contribution in [0.2, 0.25) is 0 Å². The van der Waals surface area contributed by atoms with Gasteiger partial charge in [-0.25, -0.2) is 9.78 Å². The number of carbonyl (C=O) groups excluding carboxylic acids is 1. The molecule has 0 saturated carbocycles. The number of carbonyl (C=O) groups is 1. The lowest BCUT2D eigenvalue weighted by atomic mass is 10.2. The molecular weight excluding hydrogens is 222 g/mol. The summed E-state index contributed by atoms with van der Waals surface area (Å²) in [6.45, 7) is 2.32. The van der Waals surface area contributed by atoms with Crippen molar-refractivity contribution in [1.29, 1.82) is 0 Å². The molecule has 88 valence electrons. The summed E-state index contributed by atoms with van der Waals surface area (Å²) < 4.78 is 0. The fourth-order valence-electron chi connectivity index (χ4n) is 1.88. The molecule has 0 bridgehead atoms. The maximum absolute atomic E-state index is 11.8. The van der Waals surface area contributed by atoms with Crippen LogP contribution in [0.4, 0.5) is 4.79 Å². The van der Waals surface area contributed by atoms with Gasteiger partial charge in [-0.3, -0.25) is 0 Å². The quantitative estimate of drug-likeness (QED) is 0.860. The minimum absolute atomic E-state index is 0.0508. The number of rotatable bonds is 2. The lowest BCUT2D eigenvalue weighted by Gasteiger charge is -2.20. The van der Waals surface area contributed by atoms with Crippen molar-refractivity contribution >= 4 is 17.4 Å². The predicted octanol–water partition coefficient (Wildman–Crippen LogP) is 2.23. The average molecular weight is 239 g/mol. The summed E-state index contributed by atoms with van der Waals surface area (Å²) in [5, 5.41) is 4.87. The summed E-state index contributed by atoms with van der Waals surface area (Å²) in [4.78, 5) is 17.9. The topological polar surface area (TPSA) is 45.2 Å². The molecule has 0 unspecified atom stereocenters. The van der Waals surface area contributed by atoms with Gasteiger partial charge in [-0.15, -0.1) is 11.3 Å². The molecular formula is C11H17N3OS. The van der Waals surface area contributed by atoms with Crippen molar-refractivity contribution in [3.8, 4) is 0 Å². The zero-order valence-electron chi connectivity index (χ0n) is 9.32. The van der Waals surface area contributed by atoms with Gasteiger partial charge in [0.1, 0.15) is 0 Å². The number of hydrogen-bond donors (Lipinski definition) is 1. The fraction of sp³-hybridized carbons (Fsp3) is 0.636. The molecule has 0 aromatic carbocycles. The molecule has 5 heteroatoms. The van der Waals surface area contributed by atoms with Gasteiger partial charge >= 0.3 is 6.03 Å². The Morgan fingerprint density at radius 1 is 1.38 bits per heavy atom. The number of amides is 2. The van der Waals surface area contributed by atoms with Crippen LogP contribution in [0.1, 0.15) is 31.4 Å². The Kier molecular flexibility index (Phi) is 4.16. The number of likely N-dealkylation sites (tertiary alicyclic amines) is 1. The van der Waals surface area contributed by atoms with Crippen LogP contribution in [0, 0.1) is 0 Å². The molecule has 0 atom stereocenters. The maximum Gasteiger partial charge on any atom is 0.317 e. The Hall–Kier alpha value is -1.10. The normalized spacial score (nSPS) is 16.9. The summed E-state index contributed by atoms with van der Waals surface area (Å²) in [6.07, 6.45) is 4.75. The first-order valence-electron chi connectivity index (χ1n) is 5.76. The van der Waals surface area contributed by atoms with E-state index in [0.29, 0.717) is 6.54 Å². The zero-order chi connectivity index (χ0) is 11.2. The van der Waals surface area contributed by atoms with Gasteiger partial charge in [-0.1, -0.05) is 12.8 Å². The number of aromatic nitrogens is 1. The van der Waals surface area contributed by atoms with E-state index in [4.69, 9.17) is 0 Å². The highest BCUT2D eigenvalue weighted by Crippen LogP contribution is 2.09. The molecule has 2 amide bonds. The molecule has 1 N–H and O–H groups in total. The third-order valence-electron chi connectivity index (χ3n) is 2.80. The Labute approximate surface area is 99.7 Å². The number of hydrogen-bond acceptors (Lipinski definition) is 3. The molecule has 1 aliphatic heterocycles. The maximum atomic E-state index is 11.8. The number of thiazole rings is 1. The van der Waals surface area contributed by atoms with Crippen LogP contribution >= 0.6 is 11.3 Å². The van der Waals surface area contributed by atoms with E-state index in [-0.39, 0.29) is 6.03 Å². The molecule has 2 rings (SSSR count). The highest BCUT2D eigenvalue weighted by molar-refractivity contribution is 7.07. The van der Waals surface area contributed by atoms with Crippen molar-refractivity contribution < 1.29 is 4.79 Å². The summed E-state index contributed by atoms with van der Waals surface area (Å²) in [6, 6.07) is 0.0508. The third kappa shape index (κ3) is 3.20. The molecule has 0 aliphatic carbocycles. The molecule has 16 heavy (non-hydrogen) atoms. The smallest absolute Gasteiger partial charge is 0.317 e. The average Bonchev–Trinajstić information content (AvgIpc) is 2.66. The Morgan fingerprint density at radius 3 is 2.75 bits per heavy atom. The van der Waals surface area contributed by atoms with Gasteiger partial charge in [-0.05, 0) is 12.8 Å².